The van der Waals surface area contributed by atoms with Crippen LogP contribution in [0, 0.1) is 11.8 Å². The van der Waals surface area contributed by atoms with Crippen LogP contribution in [-0.4, -0.2) is 56.4 Å². The van der Waals surface area contributed by atoms with Crippen molar-refractivity contribution in [1.82, 2.24) is 15.5 Å². The van der Waals surface area contributed by atoms with Crippen LogP contribution in [0.5, 0.6) is 0 Å². The van der Waals surface area contributed by atoms with Gasteiger partial charge in [0.25, 0.3) is 0 Å². The summed E-state index contributed by atoms with van der Waals surface area (Å²) in [6, 6.07) is 0.139. The van der Waals surface area contributed by atoms with Crippen LogP contribution >= 0.6 is 0 Å². The maximum Gasteiger partial charge on any atom is 0.317 e. The number of carbonyl (C=O) groups excluding carboxylic acids is 1. The Bertz CT molecular complexity index is 344. The summed E-state index contributed by atoms with van der Waals surface area (Å²) >= 11 is 0. The molecule has 22 heavy (non-hydrogen) atoms. The van der Waals surface area contributed by atoms with E-state index in [-0.39, 0.29) is 6.03 Å². The smallest absolute Gasteiger partial charge is 0.317 e. The number of likely N-dealkylation sites (tertiary alicyclic amines) is 1. The molecule has 2 N–H and O–H groups in total. The van der Waals surface area contributed by atoms with Gasteiger partial charge in [-0.15, -0.1) is 0 Å². The van der Waals surface area contributed by atoms with Crippen LogP contribution in [0.2, 0.25) is 0 Å². The lowest BCUT2D eigenvalue weighted by Gasteiger charge is -2.34. The van der Waals surface area contributed by atoms with E-state index in [1.165, 1.54) is 25.7 Å². The molecule has 0 aromatic heterocycles. The van der Waals surface area contributed by atoms with Crippen LogP contribution < -0.4 is 10.6 Å². The lowest BCUT2D eigenvalue weighted by molar-refractivity contribution is 0.0372. The number of carbonyl (C=O) groups is 1. The SMILES string of the molecule is O=C(NCCC1CCNCC1)N1CCC(C2CCCO2)CC1. The lowest BCUT2D eigenvalue weighted by atomic mass is 9.90. The zero-order chi connectivity index (χ0) is 15.2. The van der Waals surface area contributed by atoms with Gasteiger partial charge in [-0.05, 0) is 69.9 Å². The Kier molecular flexibility index (Phi) is 5.96. The second-order valence-corrected chi connectivity index (χ2v) is 7.09. The minimum Gasteiger partial charge on any atom is -0.378 e. The highest BCUT2D eigenvalue weighted by atomic mass is 16.5. The molecule has 1 unspecified atom stereocenters. The van der Waals surface area contributed by atoms with Crippen molar-refractivity contribution < 1.29 is 9.53 Å². The van der Waals surface area contributed by atoms with Crippen LogP contribution in [0.3, 0.4) is 0 Å². The normalized spacial score (nSPS) is 28.0. The van der Waals surface area contributed by atoms with Gasteiger partial charge in [0.2, 0.25) is 0 Å². The molecule has 0 radical (unpaired) electrons. The molecular formula is C17H31N3O2. The van der Waals surface area contributed by atoms with Crippen LogP contribution in [0.1, 0.15) is 44.9 Å². The first-order valence-corrected chi connectivity index (χ1v) is 9.18. The quantitative estimate of drug-likeness (QED) is 0.835. The Morgan fingerprint density at radius 2 is 1.91 bits per heavy atom. The summed E-state index contributed by atoms with van der Waals surface area (Å²) in [5.74, 6) is 1.45. The molecule has 3 saturated heterocycles. The summed E-state index contributed by atoms with van der Waals surface area (Å²) in [4.78, 5) is 14.2. The Balaban J connectivity index is 1.31. The summed E-state index contributed by atoms with van der Waals surface area (Å²) in [5, 5.41) is 6.51. The molecule has 3 fully saturated rings. The number of ether oxygens (including phenoxy) is 1. The van der Waals surface area contributed by atoms with Crippen molar-refractivity contribution in [3.8, 4) is 0 Å². The molecule has 0 spiro atoms. The van der Waals surface area contributed by atoms with E-state index in [9.17, 15) is 4.79 Å². The van der Waals surface area contributed by atoms with Crippen molar-refractivity contribution in [2.45, 2.75) is 51.0 Å². The molecule has 3 heterocycles. The first kappa shape index (κ1) is 16.1. The molecule has 3 rings (SSSR count). The maximum atomic E-state index is 12.2. The first-order valence-electron chi connectivity index (χ1n) is 9.18. The van der Waals surface area contributed by atoms with Gasteiger partial charge in [0.15, 0.2) is 0 Å². The van der Waals surface area contributed by atoms with E-state index in [1.54, 1.807) is 0 Å². The third-order valence-corrected chi connectivity index (χ3v) is 5.61. The number of hydrogen-bond donors (Lipinski definition) is 2. The summed E-state index contributed by atoms with van der Waals surface area (Å²) in [6.45, 7) is 5.81. The molecule has 5 heteroatoms. The fraction of sp³-hybridized carbons (Fsp3) is 0.941. The molecule has 0 bridgehead atoms. The topological polar surface area (TPSA) is 53.6 Å². The molecule has 1 atom stereocenters. The zero-order valence-corrected chi connectivity index (χ0v) is 13.7. The number of piperidine rings is 2. The third-order valence-electron chi connectivity index (χ3n) is 5.61. The molecular weight excluding hydrogens is 278 g/mol. The molecule has 0 aliphatic carbocycles. The lowest BCUT2D eigenvalue weighted by Crippen LogP contribution is -2.46. The van der Waals surface area contributed by atoms with E-state index >= 15 is 0 Å². The average molecular weight is 309 g/mol. The highest BCUT2D eigenvalue weighted by molar-refractivity contribution is 5.74. The van der Waals surface area contributed by atoms with Crippen molar-refractivity contribution >= 4 is 6.03 Å². The Hall–Kier alpha value is -0.810. The minimum absolute atomic E-state index is 0.139. The fourth-order valence-electron chi connectivity index (χ4n) is 4.11. The molecule has 5 nitrogen and oxygen atoms in total. The van der Waals surface area contributed by atoms with Crippen LogP contribution in [0.15, 0.2) is 0 Å². The molecule has 3 aliphatic rings. The van der Waals surface area contributed by atoms with Crippen molar-refractivity contribution in [1.29, 1.82) is 0 Å². The average Bonchev–Trinajstić information content (AvgIpc) is 3.10. The van der Waals surface area contributed by atoms with Gasteiger partial charge in [0, 0.05) is 26.2 Å². The number of urea groups is 1. The van der Waals surface area contributed by atoms with Crippen molar-refractivity contribution in [3.63, 3.8) is 0 Å². The van der Waals surface area contributed by atoms with E-state index in [0.717, 1.165) is 64.5 Å². The molecule has 0 aromatic rings. The molecule has 0 saturated carbocycles. The summed E-state index contributed by atoms with van der Waals surface area (Å²) in [6.07, 6.45) is 8.73. The van der Waals surface area contributed by atoms with Crippen molar-refractivity contribution in [2.75, 3.05) is 39.3 Å². The van der Waals surface area contributed by atoms with E-state index in [4.69, 9.17) is 4.74 Å². The number of nitrogens with one attached hydrogen (secondary N) is 2. The number of rotatable bonds is 4. The van der Waals surface area contributed by atoms with Gasteiger partial charge in [-0.2, -0.15) is 0 Å². The van der Waals surface area contributed by atoms with Crippen molar-refractivity contribution in [3.05, 3.63) is 0 Å². The van der Waals surface area contributed by atoms with Gasteiger partial charge >= 0.3 is 6.03 Å². The summed E-state index contributed by atoms with van der Waals surface area (Å²) in [7, 11) is 0. The molecule has 2 amide bonds. The molecule has 126 valence electrons. The Labute approximate surface area is 134 Å². The highest BCUT2D eigenvalue weighted by Crippen LogP contribution is 2.28. The minimum atomic E-state index is 0.139. The second-order valence-electron chi connectivity index (χ2n) is 7.09. The van der Waals surface area contributed by atoms with Crippen LogP contribution in [0.4, 0.5) is 4.79 Å². The predicted octanol–water partition coefficient (Wildman–Crippen LogP) is 1.98. The van der Waals surface area contributed by atoms with Gasteiger partial charge in [-0.1, -0.05) is 0 Å². The predicted molar refractivity (Wildman–Crippen MR) is 86.9 cm³/mol. The van der Waals surface area contributed by atoms with Gasteiger partial charge in [0.05, 0.1) is 6.10 Å². The van der Waals surface area contributed by atoms with E-state index in [1.807, 2.05) is 4.90 Å². The number of nitrogens with zero attached hydrogens (tertiary/aromatic N) is 1. The molecule has 3 aliphatic heterocycles. The maximum absolute atomic E-state index is 12.2. The second kappa shape index (κ2) is 8.16. The van der Waals surface area contributed by atoms with E-state index in [0.29, 0.717) is 12.0 Å². The third kappa shape index (κ3) is 4.35. The van der Waals surface area contributed by atoms with Crippen LogP contribution in [-0.2, 0) is 4.74 Å². The monoisotopic (exact) mass is 309 g/mol. The Morgan fingerprint density at radius 3 is 2.59 bits per heavy atom. The van der Waals surface area contributed by atoms with Crippen LogP contribution in [0.25, 0.3) is 0 Å². The van der Waals surface area contributed by atoms with Gasteiger partial charge in [0.1, 0.15) is 0 Å². The van der Waals surface area contributed by atoms with Gasteiger partial charge in [-0.3, -0.25) is 0 Å². The number of amides is 2. The zero-order valence-electron chi connectivity index (χ0n) is 13.7. The fourth-order valence-corrected chi connectivity index (χ4v) is 4.11. The number of hydrogen-bond acceptors (Lipinski definition) is 3. The Morgan fingerprint density at radius 1 is 1.14 bits per heavy atom. The van der Waals surface area contributed by atoms with Gasteiger partial charge < -0.3 is 20.3 Å². The molecule has 0 aromatic carbocycles. The first-order chi connectivity index (χ1) is 10.8. The van der Waals surface area contributed by atoms with Crippen molar-refractivity contribution in [2.24, 2.45) is 11.8 Å². The highest BCUT2D eigenvalue weighted by Gasteiger charge is 2.30. The summed E-state index contributed by atoms with van der Waals surface area (Å²) in [5.41, 5.74) is 0. The largest absolute Gasteiger partial charge is 0.378 e. The van der Waals surface area contributed by atoms with E-state index < -0.39 is 0 Å². The van der Waals surface area contributed by atoms with E-state index in [2.05, 4.69) is 10.6 Å². The standard InChI is InChI=1S/C17H31N3O2/c21-17(19-10-5-14-3-8-18-9-4-14)20-11-6-15(7-12-20)16-2-1-13-22-16/h14-16,18H,1-13H2,(H,19,21). The summed E-state index contributed by atoms with van der Waals surface area (Å²) < 4.78 is 5.80. The van der Waals surface area contributed by atoms with Gasteiger partial charge in [-0.25, -0.2) is 4.79 Å².